The molecule has 102 valence electrons. The second-order valence-electron chi connectivity index (χ2n) is 4.45. The molecule has 1 aliphatic heterocycles. The molecular weight excluding hydrogens is 244 g/mol. The molecule has 0 radical (unpaired) electrons. The molecule has 5 nitrogen and oxygen atoms in total. The molecule has 0 aliphatic carbocycles. The van der Waals surface area contributed by atoms with Crippen LogP contribution in [0, 0.1) is 0 Å². The van der Waals surface area contributed by atoms with Crippen molar-refractivity contribution in [3.05, 3.63) is 35.9 Å². The van der Waals surface area contributed by atoms with E-state index in [1.54, 1.807) is 4.90 Å². The summed E-state index contributed by atoms with van der Waals surface area (Å²) < 4.78 is 5.04. The Hall–Kier alpha value is -1.88. The van der Waals surface area contributed by atoms with Crippen LogP contribution in [0.2, 0.25) is 0 Å². The van der Waals surface area contributed by atoms with Gasteiger partial charge in [0.2, 0.25) is 11.8 Å². The average molecular weight is 262 g/mol. The molecule has 2 rings (SSSR count). The number of nitrogens with zero attached hydrogens (tertiary/aromatic N) is 1. The Balaban J connectivity index is 1.68. The van der Waals surface area contributed by atoms with Crippen LogP contribution < -0.4 is 5.32 Å². The van der Waals surface area contributed by atoms with Gasteiger partial charge in [0.15, 0.2) is 0 Å². The average Bonchev–Trinajstić information content (AvgIpc) is 2.42. The standard InChI is InChI=1S/C14H18N2O3/c17-13(10-12-4-2-1-3-5-12)15-6-7-16-8-9-19-11-14(16)18/h1-5H,6-11H2,(H,15,17). The predicted molar refractivity (Wildman–Crippen MR) is 70.6 cm³/mol. The van der Waals surface area contributed by atoms with E-state index < -0.39 is 0 Å². The molecule has 1 aromatic rings. The number of carbonyl (C=O) groups excluding carboxylic acids is 2. The lowest BCUT2D eigenvalue weighted by molar-refractivity contribution is -0.142. The Morgan fingerprint density at radius 3 is 2.84 bits per heavy atom. The van der Waals surface area contributed by atoms with Crippen LogP contribution in [0.25, 0.3) is 0 Å². The van der Waals surface area contributed by atoms with Gasteiger partial charge in [-0.3, -0.25) is 9.59 Å². The smallest absolute Gasteiger partial charge is 0.248 e. The third-order valence-electron chi connectivity index (χ3n) is 3.00. The van der Waals surface area contributed by atoms with Gasteiger partial charge in [-0.15, -0.1) is 0 Å². The van der Waals surface area contributed by atoms with Gasteiger partial charge in [-0.25, -0.2) is 0 Å². The summed E-state index contributed by atoms with van der Waals surface area (Å²) in [4.78, 5) is 24.9. The van der Waals surface area contributed by atoms with E-state index in [0.29, 0.717) is 32.7 Å². The van der Waals surface area contributed by atoms with Gasteiger partial charge >= 0.3 is 0 Å². The van der Waals surface area contributed by atoms with E-state index in [4.69, 9.17) is 4.74 Å². The minimum absolute atomic E-state index is 0.0106. The van der Waals surface area contributed by atoms with Gasteiger partial charge < -0.3 is 15.0 Å². The van der Waals surface area contributed by atoms with Crippen molar-refractivity contribution in [1.29, 1.82) is 0 Å². The zero-order valence-electron chi connectivity index (χ0n) is 10.8. The van der Waals surface area contributed by atoms with Gasteiger partial charge in [0.05, 0.1) is 13.0 Å². The van der Waals surface area contributed by atoms with E-state index in [-0.39, 0.29) is 18.4 Å². The second-order valence-corrected chi connectivity index (χ2v) is 4.45. The number of amides is 2. The van der Waals surface area contributed by atoms with Crippen molar-refractivity contribution < 1.29 is 14.3 Å². The fourth-order valence-electron chi connectivity index (χ4n) is 1.96. The number of nitrogens with one attached hydrogen (secondary N) is 1. The maximum Gasteiger partial charge on any atom is 0.248 e. The van der Waals surface area contributed by atoms with Gasteiger partial charge in [-0.2, -0.15) is 0 Å². The van der Waals surface area contributed by atoms with Gasteiger partial charge in [-0.1, -0.05) is 30.3 Å². The normalized spacial score (nSPS) is 15.4. The summed E-state index contributed by atoms with van der Waals surface area (Å²) in [6, 6.07) is 9.59. The molecule has 1 saturated heterocycles. The highest BCUT2D eigenvalue weighted by Gasteiger charge is 2.17. The van der Waals surface area contributed by atoms with Crippen molar-refractivity contribution in [3.63, 3.8) is 0 Å². The number of hydrogen-bond donors (Lipinski definition) is 1. The van der Waals surface area contributed by atoms with Crippen LogP contribution in [0.3, 0.4) is 0 Å². The number of carbonyl (C=O) groups is 2. The van der Waals surface area contributed by atoms with E-state index in [1.165, 1.54) is 0 Å². The summed E-state index contributed by atoms with van der Waals surface area (Å²) in [5.41, 5.74) is 0.988. The molecule has 0 atom stereocenters. The topological polar surface area (TPSA) is 58.6 Å². The Kier molecular flexibility index (Phi) is 4.92. The van der Waals surface area contributed by atoms with Crippen molar-refractivity contribution in [2.75, 3.05) is 32.8 Å². The third kappa shape index (κ3) is 4.37. The summed E-state index contributed by atoms with van der Waals surface area (Å²) in [6.45, 7) is 2.36. The Labute approximate surface area is 112 Å². The molecule has 1 aromatic carbocycles. The number of rotatable bonds is 5. The van der Waals surface area contributed by atoms with E-state index in [9.17, 15) is 9.59 Å². The molecule has 0 unspecified atom stereocenters. The molecule has 0 spiro atoms. The molecule has 1 fully saturated rings. The van der Waals surface area contributed by atoms with Crippen LogP contribution in [0.4, 0.5) is 0 Å². The van der Waals surface area contributed by atoms with Gasteiger partial charge in [0.1, 0.15) is 6.61 Å². The van der Waals surface area contributed by atoms with Crippen molar-refractivity contribution in [1.82, 2.24) is 10.2 Å². The molecule has 0 bridgehead atoms. The lowest BCUT2D eigenvalue weighted by Crippen LogP contribution is -2.45. The summed E-state index contributed by atoms with van der Waals surface area (Å²) in [7, 11) is 0. The highest BCUT2D eigenvalue weighted by atomic mass is 16.5. The first-order chi connectivity index (χ1) is 9.25. The molecule has 5 heteroatoms. The minimum atomic E-state index is -0.0214. The van der Waals surface area contributed by atoms with Crippen molar-refractivity contribution in [3.8, 4) is 0 Å². The summed E-state index contributed by atoms with van der Waals surface area (Å²) in [6.07, 6.45) is 0.373. The zero-order chi connectivity index (χ0) is 13.5. The largest absolute Gasteiger partial charge is 0.370 e. The quantitative estimate of drug-likeness (QED) is 0.825. The molecular formula is C14H18N2O3. The first-order valence-corrected chi connectivity index (χ1v) is 6.42. The molecule has 0 saturated carbocycles. The third-order valence-corrected chi connectivity index (χ3v) is 3.00. The highest BCUT2D eigenvalue weighted by molar-refractivity contribution is 5.79. The first kappa shape index (κ1) is 13.5. The lowest BCUT2D eigenvalue weighted by Gasteiger charge is -2.26. The molecule has 1 aliphatic rings. The summed E-state index contributed by atoms with van der Waals surface area (Å²) >= 11 is 0. The van der Waals surface area contributed by atoms with Crippen molar-refractivity contribution in [2.24, 2.45) is 0 Å². The Morgan fingerprint density at radius 1 is 1.32 bits per heavy atom. The van der Waals surface area contributed by atoms with E-state index in [0.717, 1.165) is 5.56 Å². The van der Waals surface area contributed by atoms with Crippen LogP contribution in [0.1, 0.15) is 5.56 Å². The number of hydrogen-bond acceptors (Lipinski definition) is 3. The van der Waals surface area contributed by atoms with Crippen LogP contribution >= 0.6 is 0 Å². The Morgan fingerprint density at radius 2 is 2.11 bits per heavy atom. The lowest BCUT2D eigenvalue weighted by atomic mass is 10.1. The fourth-order valence-corrected chi connectivity index (χ4v) is 1.96. The zero-order valence-corrected chi connectivity index (χ0v) is 10.8. The Bertz CT molecular complexity index is 434. The molecule has 2 amide bonds. The van der Waals surface area contributed by atoms with Crippen molar-refractivity contribution in [2.45, 2.75) is 6.42 Å². The predicted octanol–water partition coefficient (Wildman–Crippen LogP) is 0.204. The molecule has 19 heavy (non-hydrogen) atoms. The van der Waals surface area contributed by atoms with Crippen molar-refractivity contribution >= 4 is 11.8 Å². The minimum Gasteiger partial charge on any atom is -0.370 e. The fraction of sp³-hybridized carbons (Fsp3) is 0.429. The number of ether oxygens (including phenoxy) is 1. The monoisotopic (exact) mass is 262 g/mol. The number of benzene rings is 1. The SMILES string of the molecule is O=C(Cc1ccccc1)NCCN1CCOCC1=O. The van der Waals surface area contributed by atoms with Gasteiger partial charge in [0, 0.05) is 19.6 Å². The van der Waals surface area contributed by atoms with Crippen LogP contribution in [-0.2, 0) is 20.7 Å². The maximum atomic E-state index is 11.7. The summed E-state index contributed by atoms with van der Waals surface area (Å²) in [5, 5.41) is 2.83. The maximum absolute atomic E-state index is 11.7. The molecule has 1 N–H and O–H groups in total. The van der Waals surface area contributed by atoms with Gasteiger partial charge in [0.25, 0.3) is 0 Å². The molecule has 1 heterocycles. The van der Waals surface area contributed by atoms with Crippen LogP contribution in [-0.4, -0.2) is 49.6 Å². The van der Waals surface area contributed by atoms with Crippen LogP contribution in [0.5, 0.6) is 0 Å². The highest BCUT2D eigenvalue weighted by Crippen LogP contribution is 2.00. The second kappa shape index (κ2) is 6.89. The van der Waals surface area contributed by atoms with Gasteiger partial charge in [-0.05, 0) is 5.56 Å². The van der Waals surface area contributed by atoms with E-state index >= 15 is 0 Å². The van der Waals surface area contributed by atoms with E-state index in [2.05, 4.69) is 5.32 Å². The number of morpholine rings is 1. The first-order valence-electron chi connectivity index (χ1n) is 6.42. The van der Waals surface area contributed by atoms with Crippen LogP contribution in [0.15, 0.2) is 30.3 Å². The summed E-state index contributed by atoms with van der Waals surface area (Å²) in [5.74, 6) is -0.0320. The molecule has 0 aromatic heterocycles. The van der Waals surface area contributed by atoms with E-state index in [1.807, 2.05) is 30.3 Å².